The van der Waals surface area contributed by atoms with Crippen molar-refractivity contribution in [2.24, 2.45) is 0 Å². The van der Waals surface area contributed by atoms with Gasteiger partial charge in [0.2, 0.25) is 0 Å². The molecular weight excluding hydrogens is 234 g/mol. The van der Waals surface area contributed by atoms with E-state index in [1.165, 1.54) is 5.56 Å². The lowest BCUT2D eigenvalue weighted by Crippen LogP contribution is -1.99. The van der Waals surface area contributed by atoms with Crippen molar-refractivity contribution >= 4 is 17.3 Å². The maximum Gasteiger partial charge on any atom is 0.131 e. The van der Waals surface area contributed by atoms with E-state index < -0.39 is 0 Å². The Hall–Kier alpha value is -1.48. The van der Waals surface area contributed by atoms with Gasteiger partial charge < -0.3 is 9.88 Å². The summed E-state index contributed by atoms with van der Waals surface area (Å²) in [6.07, 6.45) is 7.13. The van der Waals surface area contributed by atoms with E-state index in [0.29, 0.717) is 5.15 Å². The molecule has 2 rings (SSSR count). The smallest absolute Gasteiger partial charge is 0.131 e. The Morgan fingerprint density at radius 3 is 3.06 bits per heavy atom. The van der Waals surface area contributed by atoms with Crippen LogP contribution in [0.1, 0.15) is 18.9 Å². The Labute approximate surface area is 106 Å². The van der Waals surface area contributed by atoms with Crippen molar-refractivity contribution < 1.29 is 0 Å². The Bertz CT molecular complexity index is 479. The van der Waals surface area contributed by atoms with Crippen LogP contribution >= 0.6 is 11.6 Å². The molecule has 0 aliphatic rings. The molecule has 0 radical (unpaired) electrons. The minimum Gasteiger partial charge on any atom is -0.381 e. The molecule has 3 nitrogen and oxygen atoms in total. The van der Waals surface area contributed by atoms with Crippen molar-refractivity contribution in [3.63, 3.8) is 0 Å². The number of aromatic nitrogens is 2. The van der Waals surface area contributed by atoms with Crippen LogP contribution < -0.4 is 5.32 Å². The van der Waals surface area contributed by atoms with Gasteiger partial charge in [0.25, 0.3) is 0 Å². The number of nitrogens with zero attached hydrogens (tertiary/aromatic N) is 2. The Kier molecular flexibility index (Phi) is 4.04. The lowest BCUT2D eigenvalue weighted by molar-refractivity contribution is 0.682. The highest BCUT2D eigenvalue weighted by atomic mass is 35.5. The van der Waals surface area contributed by atoms with Gasteiger partial charge in [0.15, 0.2) is 0 Å². The molecule has 0 saturated heterocycles. The van der Waals surface area contributed by atoms with Crippen molar-refractivity contribution in [1.29, 1.82) is 0 Å². The Morgan fingerprint density at radius 1 is 1.41 bits per heavy atom. The van der Waals surface area contributed by atoms with Crippen LogP contribution in [0.25, 0.3) is 0 Å². The lowest BCUT2D eigenvalue weighted by atomic mass is 10.3. The molecular formula is C13H16ClN3. The van der Waals surface area contributed by atoms with Crippen LogP contribution in [0.3, 0.4) is 0 Å². The monoisotopic (exact) mass is 249 g/mol. The highest BCUT2D eigenvalue weighted by Gasteiger charge is 1.98. The van der Waals surface area contributed by atoms with E-state index in [4.69, 9.17) is 11.6 Å². The summed E-state index contributed by atoms with van der Waals surface area (Å²) in [7, 11) is 0. The van der Waals surface area contributed by atoms with Gasteiger partial charge in [-0.3, -0.25) is 0 Å². The molecule has 4 heteroatoms. The second kappa shape index (κ2) is 5.73. The number of hydrogen-bond acceptors (Lipinski definition) is 2. The standard InChI is InChI=1S/C13H16ClN3/c1-2-6-17-7-4-11(10-17)9-16-12-3-5-15-13(14)8-12/h3-5,7-8,10H,2,6,9H2,1H3,(H,15,16). The Balaban J connectivity index is 1.93. The van der Waals surface area contributed by atoms with Crippen molar-refractivity contribution in [2.75, 3.05) is 5.32 Å². The van der Waals surface area contributed by atoms with Crippen molar-refractivity contribution in [1.82, 2.24) is 9.55 Å². The summed E-state index contributed by atoms with van der Waals surface area (Å²) < 4.78 is 2.20. The van der Waals surface area contributed by atoms with Crippen LogP contribution in [0.2, 0.25) is 5.15 Å². The first-order valence-electron chi connectivity index (χ1n) is 5.78. The molecule has 0 aromatic carbocycles. The van der Waals surface area contributed by atoms with Gasteiger partial charge in [-0.15, -0.1) is 0 Å². The highest BCUT2D eigenvalue weighted by molar-refractivity contribution is 6.29. The topological polar surface area (TPSA) is 29.9 Å². The van der Waals surface area contributed by atoms with Gasteiger partial charge in [0, 0.05) is 37.4 Å². The van der Waals surface area contributed by atoms with Gasteiger partial charge in [-0.2, -0.15) is 0 Å². The van der Waals surface area contributed by atoms with Crippen molar-refractivity contribution in [3.8, 4) is 0 Å². The number of rotatable bonds is 5. The summed E-state index contributed by atoms with van der Waals surface area (Å²) in [6, 6.07) is 5.87. The van der Waals surface area contributed by atoms with Crippen LogP contribution in [0.15, 0.2) is 36.8 Å². The fraction of sp³-hybridized carbons (Fsp3) is 0.308. The Morgan fingerprint density at radius 2 is 2.29 bits per heavy atom. The maximum atomic E-state index is 5.82. The largest absolute Gasteiger partial charge is 0.381 e. The van der Waals surface area contributed by atoms with E-state index in [0.717, 1.165) is 25.2 Å². The van der Waals surface area contributed by atoms with E-state index in [-0.39, 0.29) is 0 Å². The average molecular weight is 250 g/mol. The summed E-state index contributed by atoms with van der Waals surface area (Å²) in [5.74, 6) is 0. The van der Waals surface area contributed by atoms with E-state index in [1.807, 2.05) is 12.1 Å². The molecule has 0 amide bonds. The molecule has 0 bridgehead atoms. The molecule has 0 fully saturated rings. The third-order valence-electron chi connectivity index (χ3n) is 2.52. The summed E-state index contributed by atoms with van der Waals surface area (Å²) in [4.78, 5) is 3.94. The van der Waals surface area contributed by atoms with Crippen molar-refractivity contribution in [3.05, 3.63) is 47.5 Å². The molecule has 2 heterocycles. The van der Waals surface area contributed by atoms with Gasteiger partial charge in [0.05, 0.1) is 0 Å². The van der Waals surface area contributed by atoms with Crippen LogP contribution in [-0.4, -0.2) is 9.55 Å². The summed E-state index contributed by atoms with van der Waals surface area (Å²) in [5.41, 5.74) is 2.26. The number of hydrogen-bond donors (Lipinski definition) is 1. The molecule has 0 aliphatic heterocycles. The van der Waals surface area contributed by atoms with E-state index in [9.17, 15) is 0 Å². The van der Waals surface area contributed by atoms with Gasteiger partial charge in [0.1, 0.15) is 5.15 Å². The minimum absolute atomic E-state index is 0.513. The second-order valence-corrected chi connectivity index (χ2v) is 4.37. The molecule has 0 aliphatic carbocycles. The van der Waals surface area contributed by atoms with Crippen LogP contribution in [-0.2, 0) is 13.1 Å². The molecule has 0 atom stereocenters. The third-order valence-corrected chi connectivity index (χ3v) is 2.72. The fourth-order valence-electron chi connectivity index (χ4n) is 1.71. The first-order chi connectivity index (χ1) is 8.28. The predicted octanol–water partition coefficient (Wildman–Crippen LogP) is 3.56. The van der Waals surface area contributed by atoms with Gasteiger partial charge in [-0.05, 0) is 30.2 Å². The van der Waals surface area contributed by atoms with Crippen molar-refractivity contribution in [2.45, 2.75) is 26.4 Å². The average Bonchev–Trinajstić information content (AvgIpc) is 2.75. The first-order valence-corrected chi connectivity index (χ1v) is 6.16. The van der Waals surface area contributed by atoms with Crippen LogP contribution in [0.5, 0.6) is 0 Å². The zero-order valence-corrected chi connectivity index (χ0v) is 10.6. The summed E-state index contributed by atoms with van der Waals surface area (Å²) >= 11 is 5.82. The minimum atomic E-state index is 0.513. The molecule has 0 spiro atoms. The number of halogens is 1. The highest BCUT2D eigenvalue weighted by Crippen LogP contribution is 2.13. The second-order valence-electron chi connectivity index (χ2n) is 3.98. The van der Waals surface area contributed by atoms with Gasteiger partial charge in [-0.25, -0.2) is 4.98 Å². The molecule has 90 valence electrons. The molecule has 1 N–H and O–H groups in total. The molecule has 0 unspecified atom stereocenters. The van der Waals surface area contributed by atoms with Gasteiger partial charge >= 0.3 is 0 Å². The number of pyridine rings is 1. The third kappa shape index (κ3) is 3.49. The van der Waals surface area contributed by atoms with Crippen LogP contribution in [0.4, 0.5) is 5.69 Å². The number of anilines is 1. The lowest BCUT2D eigenvalue weighted by Gasteiger charge is -2.04. The molecule has 17 heavy (non-hydrogen) atoms. The zero-order valence-electron chi connectivity index (χ0n) is 9.86. The van der Waals surface area contributed by atoms with E-state index in [1.54, 1.807) is 6.20 Å². The molecule has 0 saturated carbocycles. The van der Waals surface area contributed by atoms with Gasteiger partial charge in [-0.1, -0.05) is 18.5 Å². The summed E-state index contributed by atoms with van der Waals surface area (Å²) in [5, 5.41) is 3.83. The SMILES string of the molecule is CCCn1ccc(CNc2ccnc(Cl)c2)c1. The maximum absolute atomic E-state index is 5.82. The number of aryl methyl sites for hydroxylation is 1. The zero-order chi connectivity index (χ0) is 12.1. The summed E-state index contributed by atoms with van der Waals surface area (Å²) in [6.45, 7) is 4.05. The van der Waals surface area contributed by atoms with E-state index in [2.05, 4.69) is 40.3 Å². The number of nitrogens with one attached hydrogen (secondary N) is 1. The van der Waals surface area contributed by atoms with Crippen LogP contribution in [0, 0.1) is 0 Å². The molecule has 2 aromatic heterocycles. The normalized spacial score (nSPS) is 10.5. The van der Waals surface area contributed by atoms with E-state index >= 15 is 0 Å². The first kappa shape index (κ1) is 12.0. The predicted molar refractivity (Wildman–Crippen MR) is 71.3 cm³/mol. The quantitative estimate of drug-likeness (QED) is 0.822. The molecule has 2 aromatic rings. The fourth-order valence-corrected chi connectivity index (χ4v) is 1.88.